The van der Waals surface area contributed by atoms with E-state index in [0.29, 0.717) is 24.1 Å². The van der Waals surface area contributed by atoms with E-state index in [1.54, 1.807) is 18.2 Å². The van der Waals surface area contributed by atoms with Gasteiger partial charge in [0.15, 0.2) is 11.9 Å². The van der Waals surface area contributed by atoms with Gasteiger partial charge in [-0.2, -0.15) is 0 Å². The summed E-state index contributed by atoms with van der Waals surface area (Å²) in [5.74, 6) is -2.54. The van der Waals surface area contributed by atoms with Crippen molar-refractivity contribution in [1.29, 1.82) is 0 Å². The smallest absolute Gasteiger partial charge is 0.308 e. The highest BCUT2D eigenvalue weighted by Crippen LogP contribution is 2.35. The van der Waals surface area contributed by atoms with Gasteiger partial charge in [-0.05, 0) is 38.8 Å². The van der Waals surface area contributed by atoms with Gasteiger partial charge >= 0.3 is 5.97 Å². The molecule has 0 unspecified atom stereocenters. The molecule has 1 aliphatic heterocycles. The Morgan fingerprint density at radius 3 is 2.37 bits per heavy atom. The summed E-state index contributed by atoms with van der Waals surface area (Å²) in [6.45, 7) is 2.79. The maximum atomic E-state index is 12.4. The molecular formula is C22H24N2O6. The number of imide groups is 1. The van der Waals surface area contributed by atoms with Gasteiger partial charge in [0.2, 0.25) is 11.8 Å². The Morgan fingerprint density at radius 1 is 1.13 bits per heavy atom. The Bertz CT molecular complexity index is 896. The first-order valence-electron chi connectivity index (χ1n) is 9.89. The van der Waals surface area contributed by atoms with Gasteiger partial charge in [0.1, 0.15) is 0 Å². The summed E-state index contributed by atoms with van der Waals surface area (Å²) in [6, 6.07) is 6.43. The summed E-state index contributed by atoms with van der Waals surface area (Å²) in [5.41, 5.74) is 0.869. The molecule has 3 rings (SSSR count). The summed E-state index contributed by atoms with van der Waals surface area (Å²) in [6.07, 6.45) is 3.63. The highest BCUT2D eigenvalue weighted by atomic mass is 16.5. The van der Waals surface area contributed by atoms with Crippen molar-refractivity contribution in [3.63, 3.8) is 0 Å². The van der Waals surface area contributed by atoms with Crippen molar-refractivity contribution in [3.8, 4) is 0 Å². The number of allylic oxidation sites excluding steroid dienone is 2. The van der Waals surface area contributed by atoms with Crippen LogP contribution in [0.4, 0.5) is 5.69 Å². The van der Waals surface area contributed by atoms with E-state index in [4.69, 9.17) is 4.74 Å². The number of likely N-dealkylation sites (tertiary alicyclic amines) is 1. The van der Waals surface area contributed by atoms with Gasteiger partial charge in [-0.15, -0.1) is 0 Å². The topological polar surface area (TPSA) is 110 Å². The van der Waals surface area contributed by atoms with E-state index in [1.807, 2.05) is 12.2 Å². The number of carbonyl (C=O) groups is 5. The van der Waals surface area contributed by atoms with Crippen LogP contribution in [0.2, 0.25) is 0 Å². The minimum Gasteiger partial charge on any atom is -0.452 e. The molecule has 8 nitrogen and oxygen atoms in total. The van der Waals surface area contributed by atoms with E-state index in [9.17, 15) is 24.0 Å². The molecule has 1 heterocycles. The number of esters is 1. The van der Waals surface area contributed by atoms with Crippen molar-refractivity contribution in [2.24, 2.45) is 11.8 Å². The molecule has 1 fully saturated rings. The molecule has 0 saturated carbocycles. The monoisotopic (exact) mass is 412 g/mol. The van der Waals surface area contributed by atoms with Crippen molar-refractivity contribution in [1.82, 2.24) is 4.90 Å². The second-order valence-corrected chi connectivity index (χ2v) is 7.49. The fourth-order valence-corrected chi connectivity index (χ4v) is 3.66. The molecular weight excluding hydrogens is 388 g/mol. The van der Waals surface area contributed by atoms with Crippen LogP contribution in [0.1, 0.15) is 43.5 Å². The zero-order chi connectivity index (χ0) is 21.8. The number of nitrogens with one attached hydrogen (secondary N) is 1. The largest absolute Gasteiger partial charge is 0.452 e. The molecule has 1 saturated heterocycles. The molecule has 0 bridgehead atoms. The molecule has 0 spiro atoms. The number of hydrogen-bond acceptors (Lipinski definition) is 6. The van der Waals surface area contributed by atoms with E-state index in [2.05, 4.69) is 5.32 Å². The van der Waals surface area contributed by atoms with Crippen LogP contribution >= 0.6 is 0 Å². The highest BCUT2D eigenvalue weighted by Gasteiger charge is 2.47. The minimum atomic E-state index is -1.07. The Kier molecular flexibility index (Phi) is 6.44. The minimum absolute atomic E-state index is 0.0570. The van der Waals surface area contributed by atoms with E-state index in [-0.39, 0.29) is 42.4 Å². The molecule has 1 aromatic rings. The summed E-state index contributed by atoms with van der Waals surface area (Å²) in [5, 5.41) is 2.59. The molecule has 30 heavy (non-hydrogen) atoms. The number of benzene rings is 1. The molecule has 1 aromatic carbocycles. The number of ketones is 1. The number of anilines is 1. The molecule has 8 heteroatoms. The molecule has 1 N–H and O–H groups in total. The third-order valence-electron chi connectivity index (χ3n) is 5.35. The third kappa shape index (κ3) is 4.64. The Balaban J connectivity index is 1.49. The van der Waals surface area contributed by atoms with Crippen molar-refractivity contribution < 1.29 is 28.7 Å². The molecule has 3 amide bonds. The molecule has 2 aliphatic rings. The predicted octanol–water partition coefficient (Wildman–Crippen LogP) is 2.10. The Labute approximate surface area is 174 Å². The second kappa shape index (κ2) is 9.02. The lowest BCUT2D eigenvalue weighted by Gasteiger charge is -2.16. The summed E-state index contributed by atoms with van der Waals surface area (Å²) < 4.78 is 5.13. The number of ether oxygens (including phenoxy) is 1. The zero-order valence-corrected chi connectivity index (χ0v) is 16.9. The molecule has 0 radical (unpaired) electrons. The standard InChI is InChI=1S/C22H24N2O6/c1-13(25)15-6-5-7-16(12-15)23-20(27)14(2)30-19(26)10-11-24-21(28)17-8-3-4-9-18(17)22(24)29/h3-7,12,14,17-18H,8-11H2,1-2H3,(H,23,27)/t14-,17+,18+/m1/s1. The van der Waals surface area contributed by atoms with Crippen molar-refractivity contribution in [2.75, 3.05) is 11.9 Å². The normalized spacial score (nSPS) is 21.2. The fraction of sp³-hybridized carbons (Fsp3) is 0.409. The molecule has 0 aromatic heterocycles. The lowest BCUT2D eigenvalue weighted by atomic mass is 9.85. The van der Waals surface area contributed by atoms with Gasteiger partial charge in [0.25, 0.3) is 5.91 Å². The second-order valence-electron chi connectivity index (χ2n) is 7.49. The van der Waals surface area contributed by atoms with Crippen LogP contribution in [-0.4, -0.2) is 47.0 Å². The first-order chi connectivity index (χ1) is 14.3. The third-order valence-corrected chi connectivity index (χ3v) is 5.35. The zero-order valence-electron chi connectivity index (χ0n) is 16.9. The highest BCUT2D eigenvalue weighted by molar-refractivity contribution is 6.05. The quantitative estimate of drug-likeness (QED) is 0.318. The Hall–Kier alpha value is -3.29. The Morgan fingerprint density at radius 2 is 1.77 bits per heavy atom. The van der Waals surface area contributed by atoms with Crippen LogP contribution in [0.25, 0.3) is 0 Å². The van der Waals surface area contributed by atoms with Crippen molar-refractivity contribution in [3.05, 3.63) is 42.0 Å². The number of amides is 3. The van der Waals surface area contributed by atoms with Crippen LogP contribution in [-0.2, 0) is 23.9 Å². The van der Waals surface area contributed by atoms with Gasteiger partial charge in [-0.3, -0.25) is 28.9 Å². The van der Waals surface area contributed by atoms with E-state index >= 15 is 0 Å². The average molecular weight is 412 g/mol. The van der Waals surface area contributed by atoms with Gasteiger partial charge in [0.05, 0.1) is 18.3 Å². The van der Waals surface area contributed by atoms with Gasteiger partial charge in [-0.25, -0.2) is 0 Å². The van der Waals surface area contributed by atoms with Crippen LogP contribution in [0.5, 0.6) is 0 Å². The average Bonchev–Trinajstić information content (AvgIpc) is 2.97. The van der Waals surface area contributed by atoms with Crippen LogP contribution in [0.3, 0.4) is 0 Å². The van der Waals surface area contributed by atoms with Gasteiger partial charge < -0.3 is 10.1 Å². The molecule has 3 atom stereocenters. The maximum Gasteiger partial charge on any atom is 0.308 e. The summed E-state index contributed by atoms with van der Waals surface area (Å²) in [7, 11) is 0. The van der Waals surface area contributed by atoms with E-state index in [0.717, 1.165) is 4.90 Å². The summed E-state index contributed by atoms with van der Waals surface area (Å²) in [4.78, 5) is 61.8. The maximum absolute atomic E-state index is 12.4. The molecule has 158 valence electrons. The number of fused-ring (bicyclic) bond motifs is 1. The number of rotatable bonds is 7. The number of carbonyl (C=O) groups excluding carboxylic acids is 5. The lowest BCUT2D eigenvalue weighted by Crippen LogP contribution is -2.35. The first-order valence-corrected chi connectivity index (χ1v) is 9.89. The first kappa shape index (κ1) is 21.4. The summed E-state index contributed by atoms with van der Waals surface area (Å²) >= 11 is 0. The van der Waals surface area contributed by atoms with Crippen LogP contribution in [0.15, 0.2) is 36.4 Å². The van der Waals surface area contributed by atoms with E-state index < -0.39 is 18.0 Å². The van der Waals surface area contributed by atoms with Crippen molar-refractivity contribution >= 4 is 35.2 Å². The van der Waals surface area contributed by atoms with Gasteiger partial charge in [-0.1, -0.05) is 24.3 Å². The number of nitrogens with zero attached hydrogens (tertiary/aromatic N) is 1. The van der Waals surface area contributed by atoms with Crippen LogP contribution < -0.4 is 5.32 Å². The van der Waals surface area contributed by atoms with Gasteiger partial charge in [0, 0.05) is 17.8 Å². The van der Waals surface area contributed by atoms with E-state index in [1.165, 1.54) is 19.9 Å². The fourth-order valence-electron chi connectivity index (χ4n) is 3.66. The number of hydrogen-bond donors (Lipinski definition) is 1. The SMILES string of the molecule is CC(=O)c1cccc(NC(=O)[C@@H](C)OC(=O)CCN2C(=O)[C@H]3CC=CC[C@@H]3C2=O)c1. The lowest BCUT2D eigenvalue weighted by molar-refractivity contribution is -0.154. The predicted molar refractivity (Wildman–Crippen MR) is 107 cm³/mol. The van der Waals surface area contributed by atoms with Crippen LogP contribution in [0, 0.1) is 11.8 Å². The van der Waals surface area contributed by atoms with Crippen molar-refractivity contribution in [2.45, 2.75) is 39.2 Å². The molecule has 1 aliphatic carbocycles. The number of Topliss-reactive ketones (excluding diaryl/α,β-unsaturated/α-hetero) is 1.